The van der Waals surface area contributed by atoms with Gasteiger partial charge in [0.1, 0.15) is 11.9 Å². The highest BCUT2D eigenvalue weighted by molar-refractivity contribution is 9.10. The molecule has 0 aliphatic carbocycles. The smallest absolute Gasteiger partial charge is 0.127 e. The van der Waals surface area contributed by atoms with Gasteiger partial charge in [0.15, 0.2) is 0 Å². The molecule has 1 aliphatic rings. The zero-order chi connectivity index (χ0) is 16.8. The molecule has 2 aromatic carbocycles. The van der Waals surface area contributed by atoms with E-state index in [1.807, 2.05) is 74.5 Å². The summed E-state index contributed by atoms with van der Waals surface area (Å²) in [7, 11) is 0. The van der Waals surface area contributed by atoms with Crippen LogP contribution < -0.4 is 4.74 Å². The number of allylic oxidation sites excluding steroid dienone is 3. The normalized spacial score (nSPS) is 15.6. The predicted molar refractivity (Wildman–Crippen MR) is 104 cm³/mol. The Kier molecular flexibility index (Phi) is 6.00. The van der Waals surface area contributed by atoms with Gasteiger partial charge < -0.3 is 4.74 Å². The van der Waals surface area contributed by atoms with E-state index in [0.717, 1.165) is 32.5 Å². The second-order valence-corrected chi connectivity index (χ2v) is 6.23. The maximum absolute atomic E-state index is 5.52. The average molecular weight is 369 g/mol. The Morgan fingerprint density at radius 1 is 1.13 bits per heavy atom. The van der Waals surface area contributed by atoms with Gasteiger partial charge in [-0.15, -0.1) is 0 Å². The standard InChI is InChI=1S/C11H11Br.C10H10O/c1-3-4-9(2)10-5-7-11(12)8-6-10;1-7-8(2)11-10-6-4-3-5-9(7)10/h3-8H,2H2,1H3;3-6,8H,1H2,2H3/b4-3-;. The van der Waals surface area contributed by atoms with E-state index in [1.165, 1.54) is 0 Å². The van der Waals surface area contributed by atoms with Crippen LogP contribution in [0, 0.1) is 0 Å². The minimum absolute atomic E-state index is 0.146. The highest BCUT2D eigenvalue weighted by Gasteiger charge is 2.21. The Bertz CT molecular complexity index is 726. The number of ether oxygens (including phenoxy) is 1. The average Bonchev–Trinajstić information content (AvgIpc) is 2.84. The fourth-order valence-corrected chi connectivity index (χ4v) is 2.54. The van der Waals surface area contributed by atoms with E-state index in [2.05, 4.69) is 29.1 Å². The molecule has 0 aromatic heterocycles. The summed E-state index contributed by atoms with van der Waals surface area (Å²) in [5.41, 5.74) is 4.45. The van der Waals surface area contributed by atoms with Gasteiger partial charge in [0.2, 0.25) is 0 Å². The van der Waals surface area contributed by atoms with Crippen molar-refractivity contribution in [3.05, 3.63) is 89.4 Å². The zero-order valence-corrected chi connectivity index (χ0v) is 15.1. The van der Waals surface area contributed by atoms with E-state index in [0.29, 0.717) is 0 Å². The van der Waals surface area contributed by atoms with Gasteiger partial charge in [0.05, 0.1) is 0 Å². The number of halogens is 1. The Labute approximate surface area is 147 Å². The molecule has 1 aliphatic heterocycles. The van der Waals surface area contributed by atoms with Crippen molar-refractivity contribution in [2.75, 3.05) is 0 Å². The van der Waals surface area contributed by atoms with Crippen molar-refractivity contribution in [1.82, 2.24) is 0 Å². The third kappa shape index (κ3) is 4.46. The molecule has 0 N–H and O–H groups in total. The molecule has 1 atom stereocenters. The van der Waals surface area contributed by atoms with Crippen LogP contribution in [0.25, 0.3) is 11.1 Å². The van der Waals surface area contributed by atoms with E-state index < -0.39 is 0 Å². The molecule has 3 rings (SSSR count). The number of fused-ring (bicyclic) bond motifs is 1. The summed E-state index contributed by atoms with van der Waals surface area (Å²) < 4.78 is 6.62. The number of para-hydroxylation sites is 1. The molecule has 118 valence electrons. The van der Waals surface area contributed by atoms with E-state index in [9.17, 15) is 0 Å². The van der Waals surface area contributed by atoms with Gasteiger partial charge in [0.25, 0.3) is 0 Å². The number of hydrogen-bond donors (Lipinski definition) is 0. The van der Waals surface area contributed by atoms with Gasteiger partial charge in [-0.3, -0.25) is 0 Å². The fraction of sp³-hybridized carbons (Fsp3) is 0.143. The molecule has 2 heteroatoms. The molecular weight excluding hydrogens is 348 g/mol. The summed E-state index contributed by atoms with van der Waals surface area (Å²) in [4.78, 5) is 0. The lowest BCUT2D eigenvalue weighted by molar-refractivity contribution is 0.297. The van der Waals surface area contributed by atoms with Crippen molar-refractivity contribution in [1.29, 1.82) is 0 Å². The minimum atomic E-state index is 0.146. The number of rotatable bonds is 2. The minimum Gasteiger partial charge on any atom is -0.485 e. The molecule has 0 bridgehead atoms. The van der Waals surface area contributed by atoms with Crippen LogP contribution in [0.3, 0.4) is 0 Å². The van der Waals surface area contributed by atoms with E-state index >= 15 is 0 Å². The van der Waals surface area contributed by atoms with Gasteiger partial charge >= 0.3 is 0 Å². The third-order valence-corrected chi connectivity index (χ3v) is 4.14. The summed E-state index contributed by atoms with van der Waals surface area (Å²) in [6.07, 6.45) is 4.14. The van der Waals surface area contributed by atoms with Crippen LogP contribution in [0.1, 0.15) is 25.0 Å². The molecular formula is C21H21BrO. The van der Waals surface area contributed by atoms with Crippen LogP contribution in [0.4, 0.5) is 0 Å². The van der Waals surface area contributed by atoms with Crippen LogP contribution in [-0.4, -0.2) is 6.10 Å². The maximum atomic E-state index is 5.52. The van der Waals surface area contributed by atoms with Gasteiger partial charge in [0, 0.05) is 10.0 Å². The van der Waals surface area contributed by atoms with Crippen LogP contribution in [-0.2, 0) is 0 Å². The lowest BCUT2D eigenvalue weighted by atomic mass is 10.1. The van der Waals surface area contributed by atoms with Gasteiger partial charge in [-0.25, -0.2) is 0 Å². The molecule has 23 heavy (non-hydrogen) atoms. The third-order valence-electron chi connectivity index (χ3n) is 3.61. The van der Waals surface area contributed by atoms with Crippen molar-refractivity contribution in [2.24, 2.45) is 0 Å². The Morgan fingerprint density at radius 2 is 1.78 bits per heavy atom. The Hall–Kier alpha value is -2.06. The van der Waals surface area contributed by atoms with E-state index in [4.69, 9.17) is 4.74 Å². The van der Waals surface area contributed by atoms with Crippen molar-refractivity contribution in [3.63, 3.8) is 0 Å². The molecule has 0 saturated heterocycles. The monoisotopic (exact) mass is 368 g/mol. The topological polar surface area (TPSA) is 9.23 Å². The van der Waals surface area contributed by atoms with Gasteiger partial charge in [-0.05, 0) is 48.8 Å². The summed E-state index contributed by atoms with van der Waals surface area (Å²) in [5, 5.41) is 0. The van der Waals surface area contributed by atoms with E-state index in [1.54, 1.807) is 0 Å². The zero-order valence-electron chi connectivity index (χ0n) is 13.6. The molecule has 0 fully saturated rings. The van der Waals surface area contributed by atoms with Crippen LogP contribution in [0.2, 0.25) is 0 Å². The predicted octanol–water partition coefficient (Wildman–Crippen LogP) is 6.52. The largest absolute Gasteiger partial charge is 0.485 e. The lowest BCUT2D eigenvalue weighted by Crippen LogP contribution is -2.03. The first-order valence-electron chi connectivity index (χ1n) is 7.55. The molecule has 0 amide bonds. The van der Waals surface area contributed by atoms with Crippen molar-refractivity contribution in [3.8, 4) is 5.75 Å². The Morgan fingerprint density at radius 3 is 2.39 bits per heavy atom. The number of benzene rings is 2. The SMILES string of the molecule is C=C(/C=C\C)c1ccc(Br)cc1.C=C1c2ccccc2OC1C. The van der Waals surface area contributed by atoms with E-state index in [-0.39, 0.29) is 6.10 Å². The van der Waals surface area contributed by atoms with Crippen molar-refractivity contribution in [2.45, 2.75) is 20.0 Å². The van der Waals surface area contributed by atoms with Gasteiger partial charge in [-0.2, -0.15) is 0 Å². The first kappa shape index (κ1) is 17.3. The molecule has 1 nitrogen and oxygen atoms in total. The second-order valence-electron chi connectivity index (χ2n) is 5.31. The summed E-state index contributed by atoms with van der Waals surface area (Å²) in [6, 6.07) is 16.1. The summed E-state index contributed by atoms with van der Waals surface area (Å²) >= 11 is 3.39. The molecule has 0 radical (unpaired) electrons. The second kappa shape index (κ2) is 7.98. The van der Waals surface area contributed by atoms with Crippen LogP contribution in [0.15, 0.2) is 78.3 Å². The van der Waals surface area contributed by atoms with Gasteiger partial charge in [-0.1, -0.05) is 71.6 Å². The lowest BCUT2D eigenvalue weighted by Gasteiger charge is -2.01. The number of hydrogen-bond acceptors (Lipinski definition) is 1. The quantitative estimate of drug-likeness (QED) is 0.548. The highest BCUT2D eigenvalue weighted by Crippen LogP contribution is 2.35. The first-order chi connectivity index (χ1) is 11.0. The summed E-state index contributed by atoms with van der Waals surface area (Å²) in [6.45, 7) is 11.9. The van der Waals surface area contributed by atoms with Crippen LogP contribution >= 0.6 is 15.9 Å². The molecule has 2 aromatic rings. The fourth-order valence-electron chi connectivity index (χ4n) is 2.28. The first-order valence-corrected chi connectivity index (χ1v) is 8.34. The Balaban J connectivity index is 0.000000167. The maximum Gasteiger partial charge on any atom is 0.127 e. The highest BCUT2D eigenvalue weighted by atomic mass is 79.9. The van der Waals surface area contributed by atoms with Crippen molar-refractivity contribution < 1.29 is 4.74 Å². The van der Waals surface area contributed by atoms with Crippen molar-refractivity contribution >= 4 is 27.1 Å². The molecule has 1 heterocycles. The molecule has 0 saturated carbocycles. The molecule has 1 unspecified atom stereocenters. The van der Waals surface area contributed by atoms with Crippen LogP contribution in [0.5, 0.6) is 5.75 Å². The summed E-state index contributed by atoms with van der Waals surface area (Å²) in [5.74, 6) is 0.963. The molecule has 0 spiro atoms.